The number of carbonyl (C=O) groups excluding carboxylic acids is 4. The zero-order chi connectivity index (χ0) is 31.4. The van der Waals surface area contributed by atoms with Gasteiger partial charge in [0.15, 0.2) is 23.1 Å². The molecule has 2 amide bonds. The molecule has 1 heterocycles. The number of allylic oxidation sites excluding steroid dienone is 6. The number of hydrogen-bond donors (Lipinski definition) is 2. The molecule has 0 bridgehead atoms. The highest BCUT2D eigenvalue weighted by atomic mass is 16.5. The molecule has 0 radical (unpaired) electrons. The van der Waals surface area contributed by atoms with E-state index in [9.17, 15) is 24.3 Å². The van der Waals surface area contributed by atoms with E-state index < -0.39 is 23.7 Å². The number of fused-ring (bicyclic) bond motifs is 3. The molecule has 4 atom stereocenters. The fourth-order valence-electron chi connectivity index (χ4n) is 7.38. The van der Waals surface area contributed by atoms with Gasteiger partial charge in [0.2, 0.25) is 11.8 Å². The van der Waals surface area contributed by atoms with Gasteiger partial charge in [0.05, 0.1) is 24.1 Å². The molecule has 1 saturated heterocycles. The number of nitrogens with zero attached hydrogens (tertiary/aromatic N) is 1. The normalized spacial score (nSPS) is 24.1. The van der Waals surface area contributed by atoms with Crippen molar-refractivity contribution in [3.63, 3.8) is 0 Å². The first-order valence-electron chi connectivity index (χ1n) is 15.2. The highest BCUT2D eigenvalue weighted by Crippen LogP contribution is 2.56. The lowest BCUT2D eigenvalue weighted by molar-refractivity contribution is -0.123. The molecule has 226 valence electrons. The Morgan fingerprint density at radius 1 is 0.911 bits per heavy atom. The smallest absolute Gasteiger partial charge is 0.238 e. The van der Waals surface area contributed by atoms with E-state index in [4.69, 9.17) is 4.74 Å². The van der Waals surface area contributed by atoms with Gasteiger partial charge in [0, 0.05) is 34.0 Å². The van der Waals surface area contributed by atoms with Crippen LogP contribution in [0.1, 0.15) is 38.2 Å². The van der Waals surface area contributed by atoms with Gasteiger partial charge in [-0.1, -0.05) is 35.9 Å². The van der Waals surface area contributed by atoms with E-state index in [0.29, 0.717) is 41.0 Å². The first-order chi connectivity index (χ1) is 21.8. The van der Waals surface area contributed by atoms with E-state index in [0.717, 1.165) is 16.9 Å². The number of amides is 2. The predicted octanol–water partition coefficient (Wildman–Crippen LogP) is 6.17. The largest absolute Gasteiger partial charge is 0.504 e. The Morgan fingerprint density at radius 3 is 2.38 bits per heavy atom. The zero-order valence-electron chi connectivity index (χ0n) is 24.9. The van der Waals surface area contributed by atoms with Crippen molar-refractivity contribution in [2.45, 2.75) is 32.6 Å². The molecule has 8 nitrogen and oxygen atoms in total. The van der Waals surface area contributed by atoms with Crippen LogP contribution in [0.3, 0.4) is 0 Å². The van der Waals surface area contributed by atoms with Crippen molar-refractivity contribution in [3.05, 3.63) is 113 Å². The maximum absolute atomic E-state index is 14.2. The molecule has 1 fully saturated rings. The second-order valence-corrected chi connectivity index (χ2v) is 11.9. The molecule has 4 aliphatic rings. The van der Waals surface area contributed by atoms with E-state index in [2.05, 4.69) is 5.32 Å². The van der Waals surface area contributed by atoms with Crippen LogP contribution in [-0.2, 0) is 19.2 Å². The maximum Gasteiger partial charge on any atom is 0.238 e. The Hall–Kier alpha value is -5.24. The van der Waals surface area contributed by atoms with Crippen molar-refractivity contribution in [3.8, 4) is 11.5 Å². The standard InChI is InChI=1S/C37H32N2O6/c1-3-45-31-18-21(9-16-29(31)40)32-25-14-15-26-33(27(25)19-28-34(32)30(41)17-20(2)35(28)42)37(44)39(36(26)43)24-12-10-23(11-13-24)38-22-7-5-4-6-8-22/h4-14,16-18,26-27,32-33,38,40H,3,15,19H2,1-2H3. The van der Waals surface area contributed by atoms with Gasteiger partial charge in [-0.2, -0.15) is 0 Å². The van der Waals surface area contributed by atoms with Gasteiger partial charge in [-0.05, 0) is 92.8 Å². The van der Waals surface area contributed by atoms with Crippen LogP contribution in [0.2, 0.25) is 0 Å². The second kappa shape index (κ2) is 11.0. The molecule has 0 spiro atoms. The number of imide groups is 1. The predicted molar refractivity (Wildman–Crippen MR) is 169 cm³/mol. The molecular formula is C37H32N2O6. The number of ether oxygens (including phenoxy) is 1. The minimum atomic E-state index is -0.672. The molecule has 1 aliphatic heterocycles. The number of carbonyl (C=O) groups is 4. The van der Waals surface area contributed by atoms with E-state index >= 15 is 0 Å². The quantitative estimate of drug-likeness (QED) is 0.198. The van der Waals surface area contributed by atoms with Crippen LogP contribution in [0, 0.1) is 17.8 Å². The molecule has 8 heteroatoms. The van der Waals surface area contributed by atoms with Crippen LogP contribution >= 0.6 is 0 Å². The summed E-state index contributed by atoms with van der Waals surface area (Å²) < 4.78 is 5.65. The van der Waals surface area contributed by atoms with Crippen molar-refractivity contribution >= 4 is 40.4 Å². The van der Waals surface area contributed by atoms with Crippen LogP contribution in [0.4, 0.5) is 17.1 Å². The number of phenolic OH excluding ortho intramolecular Hbond substituents is 1. The second-order valence-electron chi connectivity index (χ2n) is 11.9. The number of aromatic hydroxyl groups is 1. The van der Waals surface area contributed by atoms with E-state index in [1.807, 2.05) is 55.5 Å². The Labute approximate surface area is 260 Å². The number of rotatable bonds is 6. The lowest BCUT2D eigenvalue weighted by Crippen LogP contribution is -2.39. The van der Waals surface area contributed by atoms with Crippen molar-refractivity contribution in [1.82, 2.24) is 0 Å². The SMILES string of the molecule is CCOc1cc(C2C3=CCC4C(=O)N(c5ccc(Nc6ccccc6)cc5)C(=O)C4C3CC3=C2C(=O)C=C(C)C3=O)ccc1O. The van der Waals surface area contributed by atoms with Crippen molar-refractivity contribution < 1.29 is 29.0 Å². The monoisotopic (exact) mass is 600 g/mol. The molecule has 45 heavy (non-hydrogen) atoms. The third kappa shape index (κ3) is 4.68. The average Bonchev–Trinajstić information content (AvgIpc) is 3.30. The maximum atomic E-state index is 14.2. The number of phenols is 1. The molecule has 3 aromatic carbocycles. The van der Waals surface area contributed by atoms with Gasteiger partial charge in [-0.15, -0.1) is 0 Å². The topological polar surface area (TPSA) is 113 Å². The molecule has 2 N–H and O–H groups in total. The van der Waals surface area contributed by atoms with Crippen LogP contribution in [0.5, 0.6) is 11.5 Å². The summed E-state index contributed by atoms with van der Waals surface area (Å²) in [4.78, 5) is 56.4. The number of para-hydroxylation sites is 1. The van der Waals surface area contributed by atoms with E-state index in [1.54, 1.807) is 31.2 Å². The van der Waals surface area contributed by atoms with Gasteiger partial charge in [-0.25, -0.2) is 0 Å². The van der Waals surface area contributed by atoms with Crippen LogP contribution in [-0.4, -0.2) is 35.1 Å². The molecule has 4 unspecified atom stereocenters. The summed E-state index contributed by atoms with van der Waals surface area (Å²) in [6, 6.07) is 21.9. The summed E-state index contributed by atoms with van der Waals surface area (Å²) in [5.41, 5.74) is 4.93. The molecule has 3 aliphatic carbocycles. The number of benzene rings is 3. The summed E-state index contributed by atoms with van der Waals surface area (Å²) in [5.74, 6) is -3.05. The molecular weight excluding hydrogens is 568 g/mol. The Morgan fingerprint density at radius 2 is 1.64 bits per heavy atom. The van der Waals surface area contributed by atoms with Crippen LogP contribution in [0.15, 0.2) is 107 Å². The highest BCUT2D eigenvalue weighted by molar-refractivity contribution is 6.25. The first kappa shape index (κ1) is 28.5. The molecule has 0 aromatic heterocycles. The van der Waals surface area contributed by atoms with Crippen molar-refractivity contribution in [2.75, 3.05) is 16.8 Å². The fraction of sp³-hybridized carbons (Fsp3) is 0.243. The third-order valence-electron chi connectivity index (χ3n) is 9.37. The minimum absolute atomic E-state index is 0.0289. The summed E-state index contributed by atoms with van der Waals surface area (Å²) in [6.45, 7) is 3.77. The fourth-order valence-corrected chi connectivity index (χ4v) is 7.38. The van der Waals surface area contributed by atoms with Crippen molar-refractivity contribution in [2.24, 2.45) is 17.8 Å². The molecule has 3 aromatic rings. The van der Waals surface area contributed by atoms with Crippen molar-refractivity contribution in [1.29, 1.82) is 0 Å². The lowest BCUT2D eigenvalue weighted by atomic mass is 9.59. The third-order valence-corrected chi connectivity index (χ3v) is 9.37. The van der Waals surface area contributed by atoms with Gasteiger partial charge < -0.3 is 15.2 Å². The first-order valence-corrected chi connectivity index (χ1v) is 15.2. The highest BCUT2D eigenvalue weighted by Gasteiger charge is 2.56. The van der Waals surface area contributed by atoms with Crippen LogP contribution in [0.25, 0.3) is 0 Å². The Balaban J connectivity index is 1.26. The summed E-state index contributed by atoms with van der Waals surface area (Å²) in [7, 11) is 0. The summed E-state index contributed by atoms with van der Waals surface area (Å²) >= 11 is 0. The van der Waals surface area contributed by atoms with Crippen LogP contribution < -0.4 is 15.0 Å². The number of anilines is 3. The van der Waals surface area contributed by atoms with Gasteiger partial charge in [-0.3, -0.25) is 24.1 Å². The number of Topliss-reactive ketones (excluding diaryl/α,β-unsaturated/α-hetero) is 1. The summed E-state index contributed by atoms with van der Waals surface area (Å²) in [5, 5.41) is 13.7. The van der Waals surface area contributed by atoms with Gasteiger partial charge in [0.1, 0.15) is 0 Å². The summed E-state index contributed by atoms with van der Waals surface area (Å²) in [6.07, 6.45) is 3.92. The molecule has 0 saturated carbocycles. The van der Waals surface area contributed by atoms with Gasteiger partial charge in [0.25, 0.3) is 0 Å². The van der Waals surface area contributed by atoms with E-state index in [1.165, 1.54) is 17.0 Å². The molecule has 7 rings (SSSR count). The number of hydrogen-bond acceptors (Lipinski definition) is 7. The lowest BCUT2D eigenvalue weighted by Gasteiger charge is -2.42. The van der Waals surface area contributed by atoms with E-state index in [-0.39, 0.29) is 41.3 Å². The average molecular weight is 601 g/mol. The minimum Gasteiger partial charge on any atom is -0.504 e. The zero-order valence-corrected chi connectivity index (χ0v) is 24.9. The number of ketones is 2. The van der Waals surface area contributed by atoms with Gasteiger partial charge >= 0.3 is 0 Å². The number of nitrogens with one attached hydrogen (secondary N) is 1. The Bertz CT molecular complexity index is 1850. The Kier molecular flexibility index (Phi) is 7.00.